The topological polar surface area (TPSA) is 9.23 Å². The number of rotatable bonds is 3. The molecule has 0 atom stereocenters. The smallest absolute Gasteiger partial charge is 0.123 e. The van der Waals surface area contributed by atoms with Crippen LogP contribution in [0.5, 0.6) is 5.75 Å². The SMILES string of the molecule is COc1cc(-c2ccc(Cl)cc2)ccc1CCl. The van der Waals surface area contributed by atoms with Crippen LogP contribution in [0.2, 0.25) is 5.02 Å². The summed E-state index contributed by atoms with van der Waals surface area (Å²) in [5, 5.41) is 0.734. The predicted octanol–water partition coefficient (Wildman–Crippen LogP) is 4.75. The Kier molecular flexibility index (Phi) is 3.93. The Bertz CT molecular complexity index is 506. The van der Waals surface area contributed by atoms with E-state index in [4.69, 9.17) is 27.9 Å². The average molecular weight is 267 g/mol. The zero-order valence-corrected chi connectivity index (χ0v) is 10.9. The summed E-state index contributed by atoms with van der Waals surface area (Å²) >= 11 is 11.7. The molecule has 0 bridgehead atoms. The van der Waals surface area contributed by atoms with Gasteiger partial charge in [-0.05, 0) is 29.3 Å². The molecule has 17 heavy (non-hydrogen) atoms. The largest absolute Gasteiger partial charge is 0.496 e. The van der Waals surface area contributed by atoms with E-state index < -0.39 is 0 Å². The second-order valence-corrected chi connectivity index (χ2v) is 4.37. The van der Waals surface area contributed by atoms with Gasteiger partial charge in [0.05, 0.1) is 13.0 Å². The number of methoxy groups -OCH3 is 1. The van der Waals surface area contributed by atoms with Crippen LogP contribution >= 0.6 is 23.2 Å². The van der Waals surface area contributed by atoms with Crippen LogP contribution in [0, 0.1) is 0 Å². The number of hydrogen-bond donors (Lipinski definition) is 0. The summed E-state index contributed by atoms with van der Waals surface area (Å²) in [6.45, 7) is 0. The first-order valence-electron chi connectivity index (χ1n) is 5.23. The fraction of sp³-hybridized carbons (Fsp3) is 0.143. The van der Waals surface area contributed by atoms with Crippen molar-refractivity contribution in [1.82, 2.24) is 0 Å². The third-order valence-electron chi connectivity index (χ3n) is 2.61. The molecule has 0 N–H and O–H groups in total. The summed E-state index contributed by atoms with van der Waals surface area (Å²) in [6.07, 6.45) is 0. The molecule has 0 heterocycles. The van der Waals surface area contributed by atoms with Crippen LogP contribution in [-0.2, 0) is 5.88 Å². The summed E-state index contributed by atoms with van der Waals surface area (Å²) in [6, 6.07) is 13.7. The van der Waals surface area contributed by atoms with E-state index in [-0.39, 0.29) is 0 Å². The molecule has 0 aliphatic carbocycles. The van der Waals surface area contributed by atoms with Crippen LogP contribution in [0.3, 0.4) is 0 Å². The van der Waals surface area contributed by atoms with E-state index in [2.05, 4.69) is 0 Å². The Hall–Kier alpha value is -1.18. The van der Waals surface area contributed by atoms with E-state index in [1.54, 1.807) is 7.11 Å². The molecule has 0 radical (unpaired) electrons. The minimum Gasteiger partial charge on any atom is -0.496 e. The van der Waals surface area contributed by atoms with Gasteiger partial charge in [0.1, 0.15) is 5.75 Å². The van der Waals surface area contributed by atoms with Crippen molar-refractivity contribution in [2.45, 2.75) is 5.88 Å². The fourth-order valence-corrected chi connectivity index (χ4v) is 2.02. The van der Waals surface area contributed by atoms with E-state index in [0.717, 1.165) is 27.5 Å². The standard InChI is InChI=1S/C14H12Cl2O/c1-17-14-8-11(2-3-12(14)9-15)10-4-6-13(16)7-5-10/h2-8H,9H2,1H3. The van der Waals surface area contributed by atoms with Gasteiger partial charge in [0.2, 0.25) is 0 Å². The lowest BCUT2D eigenvalue weighted by Crippen LogP contribution is -1.90. The van der Waals surface area contributed by atoms with Crippen molar-refractivity contribution in [2.75, 3.05) is 7.11 Å². The van der Waals surface area contributed by atoms with Crippen molar-refractivity contribution >= 4 is 23.2 Å². The van der Waals surface area contributed by atoms with Gasteiger partial charge < -0.3 is 4.74 Å². The molecule has 0 aliphatic rings. The van der Waals surface area contributed by atoms with Crippen LogP contribution < -0.4 is 4.74 Å². The molecule has 0 aliphatic heterocycles. The van der Waals surface area contributed by atoms with Gasteiger partial charge in [-0.2, -0.15) is 0 Å². The third kappa shape index (κ3) is 2.74. The van der Waals surface area contributed by atoms with Gasteiger partial charge in [-0.25, -0.2) is 0 Å². The molecule has 1 nitrogen and oxygen atoms in total. The van der Waals surface area contributed by atoms with Gasteiger partial charge in [-0.3, -0.25) is 0 Å². The summed E-state index contributed by atoms with van der Waals surface area (Å²) in [7, 11) is 1.65. The van der Waals surface area contributed by atoms with E-state index in [9.17, 15) is 0 Å². The number of benzene rings is 2. The van der Waals surface area contributed by atoms with Crippen LogP contribution in [-0.4, -0.2) is 7.11 Å². The van der Waals surface area contributed by atoms with Gasteiger partial charge in [-0.1, -0.05) is 35.9 Å². The molecular weight excluding hydrogens is 255 g/mol. The highest BCUT2D eigenvalue weighted by Crippen LogP contribution is 2.28. The van der Waals surface area contributed by atoms with Crippen molar-refractivity contribution in [3.8, 4) is 16.9 Å². The van der Waals surface area contributed by atoms with Crippen LogP contribution in [0.4, 0.5) is 0 Å². The van der Waals surface area contributed by atoms with Gasteiger partial charge in [0, 0.05) is 10.6 Å². The number of hydrogen-bond acceptors (Lipinski definition) is 1. The number of alkyl halides is 1. The number of ether oxygens (including phenoxy) is 1. The van der Waals surface area contributed by atoms with Crippen molar-refractivity contribution in [2.24, 2.45) is 0 Å². The lowest BCUT2D eigenvalue weighted by molar-refractivity contribution is 0.411. The first-order valence-corrected chi connectivity index (χ1v) is 6.14. The van der Waals surface area contributed by atoms with Crippen molar-refractivity contribution in [3.63, 3.8) is 0 Å². The van der Waals surface area contributed by atoms with Crippen molar-refractivity contribution in [1.29, 1.82) is 0 Å². The average Bonchev–Trinajstić information content (AvgIpc) is 2.39. The van der Waals surface area contributed by atoms with Crippen LogP contribution in [0.25, 0.3) is 11.1 Å². The second kappa shape index (κ2) is 5.44. The maximum absolute atomic E-state index is 5.86. The minimum atomic E-state index is 0.448. The molecule has 0 saturated heterocycles. The minimum absolute atomic E-state index is 0.448. The molecule has 0 unspecified atom stereocenters. The molecule has 0 amide bonds. The van der Waals surface area contributed by atoms with Gasteiger partial charge in [0.15, 0.2) is 0 Å². The Morgan fingerprint density at radius 3 is 2.24 bits per heavy atom. The van der Waals surface area contributed by atoms with Gasteiger partial charge in [-0.15, -0.1) is 11.6 Å². The zero-order chi connectivity index (χ0) is 12.3. The Morgan fingerprint density at radius 2 is 1.65 bits per heavy atom. The monoisotopic (exact) mass is 266 g/mol. The van der Waals surface area contributed by atoms with Crippen molar-refractivity contribution in [3.05, 3.63) is 53.1 Å². The Labute approximate surface area is 111 Å². The lowest BCUT2D eigenvalue weighted by atomic mass is 10.0. The quantitative estimate of drug-likeness (QED) is 0.729. The molecule has 2 aromatic rings. The molecule has 2 rings (SSSR count). The fourth-order valence-electron chi connectivity index (χ4n) is 1.68. The highest BCUT2D eigenvalue weighted by molar-refractivity contribution is 6.30. The third-order valence-corrected chi connectivity index (χ3v) is 3.15. The predicted molar refractivity (Wildman–Crippen MR) is 73.0 cm³/mol. The van der Waals surface area contributed by atoms with E-state index in [1.807, 2.05) is 42.5 Å². The Balaban J connectivity index is 2.42. The molecule has 0 saturated carbocycles. The summed E-state index contributed by atoms with van der Waals surface area (Å²) in [5.41, 5.74) is 3.19. The Morgan fingerprint density at radius 1 is 1.00 bits per heavy atom. The number of halogens is 2. The van der Waals surface area contributed by atoms with E-state index in [0.29, 0.717) is 5.88 Å². The second-order valence-electron chi connectivity index (χ2n) is 3.67. The van der Waals surface area contributed by atoms with E-state index in [1.165, 1.54) is 0 Å². The molecular formula is C14H12Cl2O. The van der Waals surface area contributed by atoms with Gasteiger partial charge in [0.25, 0.3) is 0 Å². The molecule has 0 fully saturated rings. The maximum Gasteiger partial charge on any atom is 0.123 e. The van der Waals surface area contributed by atoms with Crippen molar-refractivity contribution < 1.29 is 4.74 Å². The molecule has 0 spiro atoms. The normalized spacial score (nSPS) is 10.3. The van der Waals surface area contributed by atoms with Gasteiger partial charge >= 0.3 is 0 Å². The molecule has 88 valence electrons. The highest BCUT2D eigenvalue weighted by atomic mass is 35.5. The summed E-state index contributed by atoms with van der Waals surface area (Å²) in [5.74, 6) is 1.26. The summed E-state index contributed by atoms with van der Waals surface area (Å²) in [4.78, 5) is 0. The lowest BCUT2D eigenvalue weighted by Gasteiger charge is -2.09. The van der Waals surface area contributed by atoms with Crippen LogP contribution in [0.1, 0.15) is 5.56 Å². The van der Waals surface area contributed by atoms with Crippen LogP contribution in [0.15, 0.2) is 42.5 Å². The summed E-state index contributed by atoms with van der Waals surface area (Å²) < 4.78 is 5.31. The highest BCUT2D eigenvalue weighted by Gasteiger charge is 2.05. The first kappa shape index (κ1) is 12.3. The maximum atomic E-state index is 5.86. The van der Waals surface area contributed by atoms with E-state index >= 15 is 0 Å². The molecule has 0 aromatic heterocycles. The molecule has 2 aromatic carbocycles. The zero-order valence-electron chi connectivity index (χ0n) is 9.41. The first-order chi connectivity index (χ1) is 8.24. The molecule has 3 heteroatoms.